The molecular weight excluding hydrogens is 297 g/mol. The van der Waals surface area contributed by atoms with Gasteiger partial charge in [0.05, 0.1) is 15.4 Å². The summed E-state index contributed by atoms with van der Waals surface area (Å²) in [5, 5.41) is 19.7. The number of rotatable bonds is 5. The normalized spacial score (nSPS) is 10.3. The van der Waals surface area contributed by atoms with Crippen LogP contribution < -0.4 is 0 Å². The fraction of sp³-hybridized carbons (Fsp3) is 0.0714. The zero-order chi connectivity index (χ0) is 15.4. The summed E-state index contributed by atoms with van der Waals surface area (Å²) in [5.74, 6) is -1.84. The number of para-hydroxylation sites is 1. The van der Waals surface area contributed by atoms with E-state index in [2.05, 4.69) is 0 Å². The number of nitro benzene ring substituents is 1. The molecule has 5 nitrogen and oxygen atoms in total. The lowest BCUT2D eigenvalue weighted by Gasteiger charge is -2.05. The minimum Gasteiger partial charge on any atom is -0.478 e. The molecule has 7 heteroatoms. The molecule has 21 heavy (non-hydrogen) atoms. The molecule has 2 aromatic carbocycles. The summed E-state index contributed by atoms with van der Waals surface area (Å²) in [6.07, 6.45) is 0. The van der Waals surface area contributed by atoms with Crippen molar-refractivity contribution in [2.75, 3.05) is 0 Å². The Kier molecular flexibility index (Phi) is 4.54. The second-order valence-corrected chi connectivity index (χ2v) is 5.15. The van der Waals surface area contributed by atoms with E-state index in [0.717, 1.165) is 6.07 Å². The number of halogens is 1. The van der Waals surface area contributed by atoms with E-state index < -0.39 is 22.3 Å². The summed E-state index contributed by atoms with van der Waals surface area (Å²) in [5.41, 5.74) is 0.163. The number of carboxylic acids is 1. The quantitative estimate of drug-likeness (QED) is 0.517. The molecule has 0 aliphatic rings. The Bertz CT molecular complexity index is 705. The molecule has 108 valence electrons. The second kappa shape index (κ2) is 6.36. The van der Waals surface area contributed by atoms with Gasteiger partial charge in [-0.3, -0.25) is 10.1 Å². The third kappa shape index (κ3) is 3.57. The summed E-state index contributed by atoms with van der Waals surface area (Å²) in [6.45, 7) is 0. The third-order valence-corrected chi connectivity index (χ3v) is 3.85. The van der Waals surface area contributed by atoms with Crippen LogP contribution in [0.5, 0.6) is 0 Å². The first-order chi connectivity index (χ1) is 9.99. The number of nitro groups is 1. The highest BCUT2D eigenvalue weighted by Crippen LogP contribution is 2.31. The average Bonchev–Trinajstić information content (AvgIpc) is 2.46. The van der Waals surface area contributed by atoms with Crippen LogP contribution in [0.3, 0.4) is 0 Å². The number of aromatic carboxylic acids is 1. The summed E-state index contributed by atoms with van der Waals surface area (Å²) in [4.78, 5) is 21.7. The van der Waals surface area contributed by atoms with Gasteiger partial charge in [0.15, 0.2) is 0 Å². The molecule has 0 atom stereocenters. The van der Waals surface area contributed by atoms with E-state index >= 15 is 0 Å². The number of hydrogen-bond acceptors (Lipinski definition) is 4. The Morgan fingerprint density at radius 2 is 2.00 bits per heavy atom. The first-order valence-corrected chi connectivity index (χ1v) is 6.85. The highest BCUT2D eigenvalue weighted by Gasteiger charge is 2.14. The third-order valence-electron chi connectivity index (χ3n) is 2.72. The fourth-order valence-electron chi connectivity index (χ4n) is 1.72. The first-order valence-electron chi connectivity index (χ1n) is 5.87. The second-order valence-electron chi connectivity index (χ2n) is 4.13. The van der Waals surface area contributed by atoms with E-state index in [1.54, 1.807) is 18.2 Å². The maximum absolute atomic E-state index is 13.3. The van der Waals surface area contributed by atoms with Crippen LogP contribution in [0.25, 0.3) is 0 Å². The van der Waals surface area contributed by atoms with Gasteiger partial charge in [-0.2, -0.15) is 0 Å². The van der Waals surface area contributed by atoms with E-state index in [9.17, 15) is 19.3 Å². The highest BCUT2D eigenvalue weighted by atomic mass is 32.2. The van der Waals surface area contributed by atoms with E-state index in [1.165, 1.54) is 30.0 Å². The SMILES string of the molecule is O=C(O)c1cc(CSc2ccccc2[N+](=O)[O-])ccc1F. The molecule has 0 aromatic heterocycles. The maximum Gasteiger partial charge on any atom is 0.338 e. The Morgan fingerprint density at radius 1 is 1.29 bits per heavy atom. The number of hydrogen-bond donors (Lipinski definition) is 1. The van der Waals surface area contributed by atoms with Crippen molar-refractivity contribution in [1.29, 1.82) is 0 Å². The molecule has 1 N–H and O–H groups in total. The molecule has 0 saturated carbocycles. The first kappa shape index (κ1) is 15.0. The van der Waals surface area contributed by atoms with Gasteiger partial charge in [0.1, 0.15) is 5.82 Å². The molecule has 0 aliphatic heterocycles. The van der Waals surface area contributed by atoms with Crippen molar-refractivity contribution in [2.24, 2.45) is 0 Å². The van der Waals surface area contributed by atoms with E-state index in [0.29, 0.717) is 16.2 Å². The van der Waals surface area contributed by atoms with E-state index in [4.69, 9.17) is 5.11 Å². The van der Waals surface area contributed by atoms with Crippen LogP contribution in [0.15, 0.2) is 47.4 Å². The van der Waals surface area contributed by atoms with Gasteiger partial charge in [-0.05, 0) is 23.8 Å². The van der Waals surface area contributed by atoms with Crippen LogP contribution in [-0.2, 0) is 5.75 Å². The number of carboxylic acid groups (broad SMARTS) is 1. The molecular formula is C14H10FNO4S. The van der Waals surface area contributed by atoms with Gasteiger partial charge in [-0.25, -0.2) is 9.18 Å². The molecule has 2 aromatic rings. The summed E-state index contributed by atoms with van der Waals surface area (Å²) in [6, 6.07) is 10.0. The van der Waals surface area contributed by atoms with Crippen molar-refractivity contribution in [3.05, 3.63) is 69.5 Å². The molecule has 0 fully saturated rings. The van der Waals surface area contributed by atoms with Gasteiger partial charge < -0.3 is 5.11 Å². The van der Waals surface area contributed by atoms with Crippen LogP contribution in [-0.4, -0.2) is 16.0 Å². The zero-order valence-corrected chi connectivity index (χ0v) is 11.5. The molecule has 0 aliphatic carbocycles. The molecule has 0 saturated heterocycles. The van der Waals surface area contributed by atoms with Gasteiger partial charge in [0.25, 0.3) is 5.69 Å². The lowest BCUT2D eigenvalue weighted by Crippen LogP contribution is -2.01. The Morgan fingerprint density at radius 3 is 2.67 bits per heavy atom. The minimum absolute atomic E-state index is 0.0110. The Hall–Kier alpha value is -2.41. The van der Waals surface area contributed by atoms with E-state index in [-0.39, 0.29) is 5.69 Å². The molecule has 0 radical (unpaired) electrons. The minimum atomic E-state index is -1.34. The van der Waals surface area contributed by atoms with Crippen molar-refractivity contribution in [3.8, 4) is 0 Å². The van der Waals surface area contributed by atoms with Crippen LogP contribution >= 0.6 is 11.8 Å². The number of benzene rings is 2. The fourth-order valence-corrected chi connectivity index (χ4v) is 2.68. The number of carbonyl (C=O) groups is 1. The largest absolute Gasteiger partial charge is 0.478 e. The molecule has 0 bridgehead atoms. The Balaban J connectivity index is 2.19. The van der Waals surface area contributed by atoms with Crippen molar-refractivity contribution in [2.45, 2.75) is 10.6 Å². The molecule has 0 unspecified atom stereocenters. The van der Waals surface area contributed by atoms with Crippen LogP contribution in [0.1, 0.15) is 15.9 Å². The topological polar surface area (TPSA) is 80.4 Å². The van der Waals surface area contributed by atoms with Crippen LogP contribution in [0, 0.1) is 15.9 Å². The van der Waals surface area contributed by atoms with Crippen molar-refractivity contribution in [1.82, 2.24) is 0 Å². The highest BCUT2D eigenvalue weighted by molar-refractivity contribution is 7.98. The summed E-state index contributed by atoms with van der Waals surface area (Å²) < 4.78 is 13.3. The number of thioether (sulfide) groups is 1. The predicted octanol–water partition coefficient (Wildman–Crippen LogP) is 3.72. The van der Waals surface area contributed by atoms with Gasteiger partial charge in [-0.1, -0.05) is 18.2 Å². The molecule has 0 heterocycles. The van der Waals surface area contributed by atoms with Crippen molar-refractivity contribution < 1.29 is 19.2 Å². The monoisotopic (exact) mass is 307 g/mol. The van der Waals surface area contributed by atoms with Gasteiger partial charge in [0, 0.05) is 11.8 Å². The molecule has 0 amide bonds. The smallest absolute Gasteiger partial charge is 0.338 e. The van der Waals surface area contributed by atoms with Crippen molar-refractivity contribution >= 4 is 23.4 Å². The molecule has 2 rings (SSSR count). The van der Waals surface area contributed by atoms with Gasteiger partial charge >= 0.3 is 5.97 Å². The van der Waals surface area contributed by atoms with Crippen LogP contribution in [0.2, 0.25) is 0 Å². The zero-order valence-electron chi connectivity index (χ0n) is 10.7. The standard InChI is InChI=1S/C14H10FNO4S/c15-11-6-5-9(7-10(11)14(17)18)8-21-13-4-2-1-3-12(13)16(19)20/h1-7H,8H2,(H,17,18). The molecule has 0 spiro atoms. The average molecular weight is 307 g/mol. The maximum atomic E-state index is 13.3. The number of nitrogens with zero attached hydrogens (tertiary/aromatic N) is 1. The lowest BCUT2D eigenvalue weighted by molar-refractivity contribution is -0.387. The van der Waals surface area contributed by atoms with Gasteiger partial charge in [-0.15, -0.1) is 11.8 Å². The Labute approximate surface area is 123 Å². The van der Waals surface area contributed by atoms with E-state index in [1.807, 2.05) is 0 Å². The van der Waals surface area contributed by atoms with Gasteiger partial charge in [0.2, 0.25) is 0 Å². The lowest BCUT2D eigenvalue weighted by atomic mass is 10.1. The van der Waals surface area contributed by atoms with Crippen molar-refractivity contribution in [3.63, 3.8) is 0 Å². The van der Waals surface area contributed by atoms with Crippen LogP contribution in [0.4, 0.5) is 10.1 Å². The summed E-state index contributed by atoms with van der Waals surface area (Å²) in [7, 11) is 0. The summed E-state index contributed by atoms with van der Waals surface area (Å²) >= 11 is 1.20. The predicted molar refractivity (Wildman–Crippen MR) is 76.0 cm³/mol.